The van der Waals surface area contributed by atoms with Crippen molar-refractivity contribution in [3.63, 3.8) is 0 Å². The van der Waals surface area contributed by atoms with E-state index in [1.165, 1.54) is 5.56 Å². The summed E-state index contributed by atoms with van der Waals surface area (Å²) in [6.45, 7) is 4.12. The number of hydrogen-bond acceptors (Lipinski definition) is 4. The van der Waals surface area contributed by atoms with E-state index in [2.05, 4.69) is 34.9 Å². The summed E-state index contributed by atoms with van der Waals surface area (Å²) in [5.74, 6) is 1.17. The first-order valence-corrected chi connectivity index (χ1v) is 6.02. The van der Waals surface area contributed by atoms with Gasteiger partial charge in [-0.05, 0) is 36.6 Å². The largest absolute Gasteiger partial charge is 0.347 e. The molecule has 0 bridgehead atoms. The molecule has 0 amide bonds. The number of aromatic nitrogens is 3. The monoisotopic (exact) mass is 262 g/mol. The van der Waals surface area contributed by atoms with E-state index in [0.717, 1.165) is 11.1 Å². The molecule has 1 aromatic heterocycles. The second-order valence-corrected chi connectivity index (χ2v) is 4.71. The summed E-state index contributed by atoms with van der Waals surface area (Å²) in [5.41, 5.74) is 3.35. The summed E-state index contributed by atoms with van der Waals surface area (Å²) in [4.78, 5) is 14.5. The number of halogens is 1. The van der Waals surface area contributed by atoms with Crippen molar-refractivity contribution in [1.29, 1.82) is 0 Å². The van der Waals surface area contributed by atoms with Crippen LogP contribution in [0.5, 0.6) is 0 Å². The third-order valence-corrected chi connectivity index (χ3v) is 3.01. The summed E-state index contributed by atoms with van der Waals surface area (Å²) in [6, 6.07) is 6.05. The average Bonchev–Trinajstić information content (AvgIpc) is 2.31. The minimum Gasteiger partial charge on any atom is -0.347 e. The lowest BCUT2D eigenvalue weighted by Crippen LogP contribution is -2.14. The molecule has 2 aromatic rings. The van der Waals surface area contributed by atoms with Gasteiger partial charge in [0.15, 0.2) is 5.82 Å². The molecule has 0 atom stereocenters. The molecule has 0 radical (unpaired) electrons. The van der Waals surface area contributed by atoms with Crippen molar-refractivity contribution in [3.8, 4) is 11.4 Å². The molecule has 0 N–H and O–H groups in total. The quantitative estimate of drug-likeness (QED) is 0.835. The van der Waals surface area contributed by atoms with E-state index in [1.807, 2.05) is 31.1 Å². The van der Waals surface area contributed by atoms with Gasteiger partial charge in [0, 0.05) is 19.7 Å². The zero-order valence-corrected chi connectivity index (χ0v) is 11.7. The Morgan fingerprint density at radius 2 is 1.78 bits per heavy atom. The number of aryl methyl sites for hydroxylation is 1. The van der Waals surface area contributed by atoms with Crippen LogP contribution >= 0.6 is 11.6 Å². The van der Waals surface area contributed by atoms with Crippen LogP contribution in [0.1, 0.15) is 11.1 Å². The maximum absolute atomic E-state index is 5.95. The molecule has 0 aliphatic carbocycles. The van der Waals surface area contributed by atoms with Gasteiger partial charge in [-0.2, -0.15) is 15.0 Å². The van der Waals surface area contributed by atoms with E-state index in [1.54, 1.807) is 0 Å². The first-order valence-electron chi connectivity index (χ1n) is 5.64. The Balaban J connectivity index is 2.60. The van der Waals surface area contributed by atoms with E-state index < -0.39 is 0 Å². The summed E-state index contributed by atoms with van der Waals surface area (Å²) < 4.78 is 0. The van der Waals surface area contributed by atoms with Crippen LogP contribution in [-0.2, 0) is 0 Å². The number of anilines is 1. The normalized spacial score (nSPS) is 10.5. The fourth-order valence-electron chi connectivity index (χ4n) is 1.65. The molecule has 0 aliphatic rings. The fraction of sp³-hybridized carbons (Fsp3) is 0.308. The van der Waals surface area contributed by atoms with Crippen molar-refractivity contribution in [2.24, 2.45) is 0 Å². The standard InChI is InChI=1S/C13H15ClN4/c1-8-6-5-7-10(9(8)2)11-15-12(14)17-13(16-11)18(3)4/h5-7H,1-4H3. The number of benzene rings is 1. The summed E-state index contributed by atoms with van der Waals surface area (Å²) in [7, 11) is 3.75. The molecule has 1 aromatic carbocycles. The zero-order valence-electron chi connectivity index (χ0n) is 10.9. The Bertz CT molecular complexity index is 581. The summed E-state index contributed by atoms with van der Waals surface area (Å²) in [5, 5.41) is 0.213. The summed E-state index contributed by atoms with van der Waals surface area (Å²) >= 11 is 5.95. The van der Waals surface area contributed by atoms with Gasteiger partial charge in [-0.1, -0.05) is 18.2 Å². The maximum atomic E-state index is 5.95. The predicted molar refractivity (Wildman–Crippen MR) is 74.1 cm³/mol. The van der Waals surface area contributed by atoms with Crippen molar-refractivity contribution in [1.82, 2.24) is 15.0 Å². The van der Waals surface area contributed by atoms with Gasteiger partial charge < -0.3 is 4.90 Å². The highest BCUT2D eigenvalue weighted by Crippen LogP contribution is 2.24. The highest BCUT2D eigenvalue weighted by atomic mass is 35.5. The second kappa shape index (κ2) is 4.90. The zero-order chi connectivity index (χ0) is 13.3. The summed E-state index contributed by atoms with van der Waals surface area (Å²) in [6.07, 6.45) is 0. The van der Waals surface area contributed by atoms with Gasteiger partial charge in [0.25, 0.3) is 0 Å². The molecule has 0 saturated heterocycles. The fourth-order valence-corrected chi connectivity index (χ4v) is 1.81. The Kier molecular flexibility index (Phi) is 3.48. The number of rotatable bonds is 2. The molecular formula is C13H15ClN4. The molecule has 0 spiro atoms. The van der Waals surface area contributed by atoms with E-state index in [9.17, 15) is 0 Å². The molecule has 1 heterocycles. The first kappa shape index (κ1) is 12.8. The van der Waals surface area contributed by atoms with Crippen LogP contribution in [0.4, 0.5) is 5.95 Å². The number of hydrogen-bond donors (Lipinski definition) is 0. The molecule has 5 heteroatoms. The van der Waals surface area contributed by atoms with Gasteiger partial charge in [0.2, 0.25) is 11.2 Å². The lowest BCUT2D eigenvalue weighted by Gasteiger charge is -2.12. The molecule has 0 fully saturated rings. The van der Waals surface area contributed by atoms with Crippen LogP contribution < -0.4 is 4.90 Å². The van der Waals surface area contributed by atoms with Crippen molar-refractivity contribution >= 4 is 17.5 Å². The van der Waals surface area contributed by atoms with Crippen LogP contribution in [0.25, 0.3) is 11.4 Å². The molecule has 18 heavy (non-hydrogen) atoms. The van der Waals surface area contributed by atoms with Gasteiger partial charge in [-0.3, -0.25) is 0 Å². The Labute approximate surface area is 112 Å². The molecule has 0 aliphatic heterocycles. The van der Waals surface area contributed by atoms with E-state index in [0.29, 0.717) is 11.8 Å². The van der Waals surface area contributed by atoms with Crippen molar-refractivity contribution in [3.05, 3.63) is 34.6 Å². The van der Waals surface area contributed by atoms with Gasteiger partial charge in [-0.15, -0.1) is 0 Å². The van der Waals surface area contributed by atoms with Gasteiger partial charge in [0.05, 0.1) is 0 Å². The average molecular weight is 263 g/mol. The van der Waals surface area contributed by atoms with E-state index >= 15 is 0 Å². The Morgan fingerprint density at radius 3 is 2.44 bits per heavy atom. The van der Waals surface area contributed by atoms with Crippen LogP contribution in [0.15, 0.2) is 18.2 Å². The minimum absolute atomic E-state index is 0.213. The minimum atomic E-state index is 0.213. The molecule has 0 unspecified atom stereocenters. The van der Waals surface area contributed by atoms with Crippen molar-refractivity contribution in [2.45, 2.75) is 13.8 Å². The molecular weight excluding hydrogens is 248 g/mol. The molecule has 94 valence electrons. The van der Waals surface area contributed by atoms with Crippen LogP contribution in [-0.4, -0.2) is 29.0 Å². The Hall–Kier alpha value is -1.68. The third kappa shape index (κ3) is 2.43. The van der Waals surface area contributed by atoms with E-state index in [-0.39, 0.29) is 5.28 Å². The SMILES string of the molecule is Cc1cccc(-c2nc(Cl)nc(N(C)C)n2)c1C. The molecule has 2 rings (SSSR count). The third-order valence-electron chi connectivity index (χ3n) is 2.84. The van der Waals surface area contributed by atoms with Crippen molar-refractivity contribution in [2.75, 3.05) is 19.0 Å². The lowest BCUT2D eigenvalue weighted by molar-refractivity contribution is 0.960. The van der Waals surface area contributed by atoms with Crippen LogP contribution in [0.3, 0.4) is 0 Å². The highest BCUT2D eigenvalue weighted by molar-refractivity contribution is 6.28. The first-order chi connectivity index (χ1) is 8.49. The second-order valence-electron chi connectivity index (χ2n) is 4.37. The smallest absolute Gasteiger partial charge is 0.229 e. The van der Waals surface area contributed by atoms with Gasteiger partial charge in [0.1, 0.15) is 0 Å². The van der Waals surface area contributed by atoms with Gasteiger partial charge >= 0.3 is 0 Å². The van der Waals surface area contributed by atoms with Crippen LogP contribution in [0.2, 0.25) is 5.28 Å². The number of nitrogens with zero attached hydrogens (tertiary/aromatic N) is 4. The molecule has 0 saturated carbocycles. The van der Waals surface area contributed by atoms with Crippen molar-refractivity contribution < 1.29 is 0 Å². The Morgan fingerprint density at radius 1 is 1.06 bits per heavy atom. The molecule has 4 nitrogen and oxygen atoms in total. The lowest BCUT2D eigenvalue weighted by atomic mass is 10.0. The predicted octanol–water partition coefficient (Wildman–Crippen LogP) is 2.87. The maximum Gasteiger partial charge on any atom is 0.229 e. The topological polar surface area (TPSA) is 41.9 Å². The van der Waals surface area contributed by atoms with Crippen LogP contribution in [0, 0.1) is 13.8 Å². The van der Waals surface area contributed by atoms with Gasteiger partial charge in [-0.25, -0.2) is 0 Å². The van der Waals surface area contributed by atoms with E-state index in [4.69, 9.17) is 11.6 Å². The highest BCUT2D eigenvalue weighted by Gasteiger charge is 2.11.